The van der Waals surface area contributed by atoms with Crippen LogP contribution in [0, 0.1) is 0 Å². The van der Waals surface area contributed by atoms with Gasteiger partial charge in [0.2, 0.25) is 6.79 Å². The van der Waals surface area contributed by atoms with Gasteiger partial charge in [0.1, 0.15) is 29.4 Å². The Morgan fingerprint density at radius 3 is 2.50 bits per heavy atom. The molecular formula is C21H18N4O5. The van der Waals surface area contributed by atoms with Gasteiger partial charge in [-0.05, 0) is 30.3 Å². The minimum atomic E-state index is 0.233. The average molecular weight is 406 g/mol. The first kappa shape index (κ1) is 18.0. The van der Waals surface area contributed by atoms with Crippen molar-refractivity contribution in [1.29, 1.82) is 0 Å². The fraction of sp³-hybridized carbons (Fsp3) is 0.190. The summed E-state index contributed by atoms with van der Waals surface area (Å²) in [5.74, 6) is 3.45. The van der Waals surface area contributed by atoms with Gasteiger partial charge < -0.3 is 23.5 Å². The van der Waals surface area contributed by atoms with Crippen LogP contribution in [0.15, 0.2) is 53.2 Å². The van der Waals surface area contributed by atoms with Crippen LogP contribution < -0.4 is 18.9 Å². The third-order valence-electron chi connectivity index (χ3n) is 4.73. The minimum absolute atomic E-state index is 0.233. The van der Waals surface area contributed by atoms with Gasteiger partial charge in [-0.15, -0.1) is 5.10 Å². The number of ether oxygens (including phenoxy) is 4. The molecule has 0 amide bonds. The zero-order chi connectivity index (χ0) is 20.5. The molecule has 1 aliphatic rings. The summed E-state index contributed by atoms with van der Waals surface area (Å²) in [5.41, 5.74) is 3.14. The van der Waals surface area contributed by atoms with Gasteiger partial charge in [0.15, 0.2) is 17.3 Å². The predicted octanol–water partition coefficient (Wildman–Crippen LogP) is 3.39. The highest BCUT2D eigenvalue weighted by atomic mass is 16.7. The molecule has 0 N–H and O–H groups in total. The lowest BCUT2D eigenvalue weighted by Crippen LogP contribution is -1.98. The van der Waals surface area contributed by atoms with Crippen molar-refractivity contribution in [3.8, 4) is 45.5 Å². The predicted molar refractivity (Wildman–Crippen MR) is 106 cm³/mol. The molecule has 3 heterocycles. The normalized spacial score (nSPS) is 12.2. The van der Waals surface area contributed by atoms with Crippen molar-refractivity contribution in [2.45, 2.75) is 6.54 Å². The third kappa shape index (κ3) is 3.41. The summed E-state index contributed by atoms with van der Waals surface area (Å²) in [6, 6.07) is 13.1. The first-order chi connectivity index (χ1) is 14.7. The molecule has 2 aromatic carbocycles. The van der Waals surface area contributed by atoms with Crippen molar-refractivity contribution in [3.05, 3.63) is 54.4 Å². The maximum atomic E-state index is 5.48. The summed E-state index contributed by atoms with van der Waals surface area (Å²) < 4.78 is 28.6. The molecule has 9 heteroatoms. The molecule has 0 atom stereocenters. The van der Waals surface area contributed by atoms with Gasteiger partial charge >= 0.3 is 0 Å². The molecule has 0 aliphatic carbocycles. The van der Waals surface area contributed by atoms with Gasteiger partial charge in [0.25, 0.3) is 0 Å². The maximum Gasteiger partial charge on any atom is 0.231 e. The van der Waals surface area contributed by atoms with E-state index in [1.54, 1.807) is 25.0 Å². The van der Waals surface area contributed by atoms with E-state index >= 15 is 0 Å². The van der Waals surface area contributed by atoms with Gasteiger partial charge in [0, 0.05) is 23.3 Å². The Morgan fingerprint density at radius 2 is 1.70 bits per heavy atom. The molecule has 0 unspecified atom stereocenters. The van der Waals surface area contributed by atoms with Crippen LogP contribution in [0.25, 0.3) is 22.5 Å². The number of nitrogens with zero attached hydrogens (tertiary/aromatic N) is 4. The molecule has 1 aliphatic heterocycles. The van der Waals surface area contributed by atoms with Crippen molar-refractivity contribution in [2.24, 2.45) is 0 Å². The maximum absolute atomic E-state index is 5.48. The number of aromatic nitrogens is 4. The molecule has 2 aromatic heterocycles. The van der Waals surface area contributed by atoms with E-state index in [9.17, 15) is 0 Å². The number of rotatable bonds is 6. The van der Waals surface area contributed by atoms with Crippen LogP contribution in [0.1, 0.15) is 5.76 Å². The Balaban J connectivity index is 1.35. The van der Waals surface area contributed by atoms with Crippen molar-refractivity contribution >= 4 is 0 Å². The highest BCUT2D eigenvalue weighted by molar-refractivity contribution is 5.64. The molecular weight excluding hydrogens is 388 g/mol. The molecule has 5 rings (SSSR count). The first-order valence-corrected chi connectivity index (χ1v) is 9.21. The highest BCUT2D eigenvalue weighted by Crippen LogP contribution is 2.35. The second kappa shape index (κ2) is 7.43. The Labute approximate surface area is 171 Å². The van der Waals surface area contributed by atoms with Crippen LogP contribution >= 0.6 is 0 Å². The highest BCUT2D eigenvalue weighted by Gasteiger charge is 2.16. The zero-order valence-corrected chi connectivity index (χ0v) is 16.4. The Morgan fingerprint density at radius 1 is 0.900 bits per heavy atom. The van der Waals surface area contributed by atoms with E-state index in [0.717, 1.165) is 16.9 Å². The van der Waals surface area contributed by atoms with Crippen molar-refractivity contribution in [3.63, 3.8) is 0 Å². The number of methoxy groups -OCH3 is 2. The van der Waals surface area contributed by atoms with Crippen LogP contribution in [-0.2, 0) is 6.54 Å². The zero-order valence-electron chi connectivity index (χ0n) is 16.4. The lowest BCUT2D eigenvalue weighted by molar-refractivity contribution is 0.174. The van der Waals surface area contributed by atoms with Gasteiger partial charge in [0.05, 0.1) is 20.4 Å². The first-order valence-electron chi connectivity index (χ1n) is 9.21. The Kier molecular flexibility index (Phi) is 4.47. The second-order valence-electron chi connectivity index (χ2n) is 6.65. The molecule has 0 spiro atoms. The Hall–Kier alpha value is -4.01. The monoisotopic (exact) mass is 406 g/mol. The summed E-state index contributed by atoms with van der Waals surface area (Å²) >= 11 is 0. The van der Waals surface area contributed by atoms with Crippen LogP contribution in [0.3, 0.4) is 0 Å². The van der Waals surface area contributed by atoms with E-state index in [-0.39, 0.29) is 6.79 Å². The second-order valence-corrected chi connectivity index (χ2v) is 6.65. The number of fused-ring (bicyclic) bond motifs is 1. The van der Waals surface area contributed by atoms with Crippen LogP contribution in [0.4, 0.5) is 0 Å². The fourth-order valence-electron chi connectivity index (χ4n) is 3.20. The standard InChI is InChI=1S/C21H18N4O5/c1-26-15-5-14(6-16(8-15)27-2)19-11-25(24-22-19)10-17-9-18(23-30-17)13-3-4-20-21(7-13)29-12-28-20/h3-9,11H,10,12H2,1-2H3. The summed E-state index contributed by atoms with van der Waals surface area (Å²) in [6.45, 7) is 0.627. The lowest BCUT2D eigenvalue weighted by Gasteiger charge is -2.06. The molecule has 0 fully saturated rings. The van der Waals surface area contributed by atoms with Crippen molar-refractivity contribution in [1.82, 2.24) is 20.2 Å². The number of benzene rings is 2. The lowest BCUT2D eigenvalue weighted by atomic mass is 10.1. The molecule has 0 bridgehead atoms. The van der Waals surface area contributed by atoms with E-state index in [1.807, 2.05) is 42.6 Å². The van der Waals surface area contributed by atoms with Crippen LogP contribution in [0.5, 0.6) is 23.0 Å². The summed E-state index contributed by atoms with van der Waals surface area (Å²) in [5, 5.41) is 12.6. The smallest absolute Gasteiger partial charge is 0.231 e. The average Bonchev–Trinajstić information content (AvgIpc) is 3.54. The molecule has 9 nitrogen and oxygen atoms in total. The van der Waals surface area contributed by atoms with E-state index in [2.05, 4.69) is 15.5 Å². The molecule has 152 valence electrons. The number of hydrogen-bond donors (Lipinski definition) is 0. The SMILES string of the molecule is COc1cc(OC)cc(-c2cn(Cc3cc(-c4ccc5c(c4)OCO5)no3)nn2)c1. The minimum Gasteiger partial charge on any atom is -0.497 e. The molecule has 0 saturated carbocycles. The van der Waals surface area contributed by atoms with Crippen LogP contribution in [-0.4, -0.2) is 41.2 Å². The molecule has 4 aromatic rings. The van der Waals surface area contributed by atoms with Crippen molar-refractivity contribution in [2.75, 3.05) is 21.0 Å². The van der Waals surface area contributed by atoms with Crippen LogP contribution in [0.2, 0.25) is 0 Å². The third-order valence-corrected chi connectivity index (χ3v) is 4.73. The molecule has 0 radical (unpaired) electrons. The van der Waals surface area contributed by atoms with Gasteiger partial charge in [-0.2, -0.15) is 0 Å². The van der Waals surface area contributed by atoms with Gasteiger partial charge in [-0.1, -0.05) is 10.4 Å². The molecule has 0 saturated heterocycles. The summed E-state index contributed by atoms with van der Waals surface area (Å²) in [7, 11) is 3.22. The fourth-order valence-corrected chi connectivity index (χ4v) is 3.20. The summed E-state index contributed by atoms with van der Waals surface area (Å²) in [6.07, 6.45) is 1.83. The quantitative estimate of drug-likeness (QED) is 0.481. The largest absolute Gasteiger partial charge is 0.497 e. The van der Waals surface area contributed by atoms with E-state index in [4.69, 9.17) is 23.5 Å². The van der Waals surface area contributed by atoms with E-state index in [1.165, 1.54) is 0 Å². The summed E-state index contributed by atoms with van der Waals surface area (Å²) in [4.78, 5) is 0. The number of hydrogen-bond acceptors (Lipinski definition) is 8. The van der Waals surface area contributed by atoms with E-state index < -0.39 is 0 Å². The molecule has 30 heavy (non-hydrogen) atoms. The van der Waals surface area contributed by atoms with Gasteiger partial charge in [-0.3, -0.25) is 0 Å². The van der Waals surface area contributed by atoms with E-state index in [0.29, 0.717) is 40.9 Å². The topological polar surface area (TPSA) is 93.7 Å². The van der Waals surface area contributed by atoms with Gasteiger partial charge in [-0.25, -0.2) is 4.68 Å². The Bertz CT molecular complexity index is 1180. The van der Waals surface area contributed by atoms with Crippen molar-refractivity contribution < 1.29 is 23.5 Å².